The molecule has 76 valence electrons. The molecule has 0 unspecified atom stereocenters. The molecule has 1 heterocycles. The summed E-state index contributed by atoms with van der Waals surface area (Å²) in [6.45, 7) is 0. The number of aromatic nitrogens is 3. The number of aryl methyl sites for hydroxylation is 1. The molecule has 1 aromatic heterocycles. The second-order valence-corrected chi connectivity index (χ2v) is 2.57. The van der Waals surface area contributed by atoms with Crippen LogP contribution < -0.4 is 10.6 Å². The Morgan fingerprint density at radius 2 is 1.79 bits per heavy atom. The Kier molecular flexibility index (Phi) is 2.80. The van der Waals surface area contributed by atoms with Gasteiger partial charge in [-0.15, -0.1) is 5.10 Å². The van der Waals surface area contributed by atoms with Crippen LogP contribution in [-0.4, -0.2) is 40.9 Å². The summed E-state index contributed by atoms with van der Waals surface area (Å²) < 4.78 is 1.25. The van der Waals surface area contributed by atoms with E-state index in [-0.39, 0.29) is 11.4 Å². The lowest BCUT2D eigenvalue weighted by Gasteiger charge is -2.01. The molecule has 2 amide bonds. The molecule has 0 saturated carbocycles. The zero-order valence-electron chi connectivity index (χ0n) is 8.16. The first-order valence-corrected chi connectivity index (χ1v) is 3.95. The summed E-state index contributed by atoms with van der Waals surface area (Å²) in [5, 5.41) is 12.0. The minimum atomic E-state index is -0.434. The van der Waals surface area contributed by atoms with Crippen molar-refractivity contribution in [2.24, 2.45) is 7.05 Å². The molecule has 0 fully saturated rings. The van der Waals surface area contributed by atoms with Crippen molar-refractivity contribution >= 4 is 11.8 Å². The summed E-state index contributed by atoms with van der Waals surface area (Å²) >= 11 is 0. The van der Waals surface area contributed by atoms with Gasteiger partial charge in [-0.25, -0.2) is 4.68 Å². The lowest BCUT2D eigenvalue weighted by atomic mass is 10.3. The fourth-order valence-electron chi connectivity index (χ4n) is 1.00. The van der Waals surface area contributed by atoms with Gasteiger partial charge in [-0.1, -0.05) is 5.21 Å². The van der Waals surface area contributed by atoms with Gasteiger partial charge in [-0.3, -0.25) is 9.59 Å². The SMILES string of the molecule is CNC(=O)c1nnn(C)c1C(=O)NC. The third-order valence-electron chi connectivity index (χ3n) is 1.71. The van der Waals surface area contributed by atoms with E-state index in [4.69, 9.17) is 0 Å². The molecule has 0 radical (unpaired) electrons. The molecule has 0 atom stereocenters. The average molecular weight is 197 g/mol. The third-order valence-corrected chi connectivity index (χ3v) is 1.71. The molecule has 0 bridgehead atoms. The Morgan fingerprint density at radius 1 is 1.21 bits per heavy atom. The van der Waals surface area contributed by atoms with Crippen molar-refractivity contribution in [2.75, 3.05) is 14.1 Å². The number of rotatable bonds is 2. The lowest BCUT2D eigenvalue weighted by Crippen LogP contribution is -2.27. The molecule has 0 aliphatic rings. The molecular formula is C7H11N5O2. The van der Waals surface area contributed by atoms with Crippen LogP contribution in [0.3, 0.4) is 0 Å². The maximum absolute atomic E-state index is 11.3. The highest BCUT2D eigenvalue weighted by atomic mass is 16.2. The highest BCUT2D eigenvalue weighted by Crippen LogP contribution is 2.03. The number of hydrogen-bond acceptors (Lipinski definition) is 4. The molecule has 0 aliphatic heterocycles. The van der Waals surface area contributed by atoms with E-state index in [0.717, 1.165) is 0 Å². The minimum Gasteiger partial charge on any atom is -0.354 e. The molecule has 0 saturated heterocycles. The normalized spacial score (nSPS) is 9.64. The van der Waals surface area contributed by atoms with Crippen LogP contribution >= 0.6 is 0 Å². The first-order chi connectivity index (χ1) is 6.61. The van der Waals surface area contributed by atoms with Crippen molar-refractivity contribution in [1.82, 2.24) is 25.6 Å². The van der Waals surface area contributed by atoms with E-state index in [2.05, 4.69) is 20.9 Å². The van der Waals surface area contributed by atoms with E-state index in [9.17, 15) is 9.59 Å². The summed E-state index contributed by atoms with van der Waals surface area (Å²) in [4.78, 5) is 22.6. The second kappa shape index (κ2) is 3.86. The predicted octanol–water partition coefficient (Wildman–Crippen LogP) is -1.47. The summed E-state index contributed by atoms with van der Waals surface area (Å²) in [6, 6.07) is 0. The molecule has 1 aromatic rings. The van der Waals surface area contributed by atoms with E-state index >= 15 is 0 Å². The number of nitrogens with one attached hydrogen (secondary N) is 2. The van der Waals surface area contributed by atoms with Crippen molar-refractivity contribution in [1.29, 1.82) is 0 Å². The van der Waals surface area contributed by atoms with Crippen LogP contribution in [0.4, 0.5) is 0 Å². The fraction of sp³-hybridized carbons (Fsp3) is 0.429. The monoisotopic (exact) mass is 197 g/mol. The smallest absolute Gasteiger partial charge is 0.274 e. The summed E-state index contributed by atoms with van der Waals surface area (Å²) in [7, 11) is 4.48. The van der Waals surface area contributed by atoms with E-state index in [1.165, 1.54) is 18.8 Å². The molecule has 0 spiro atoms. The Balaban J connectivity index is 3.19. The number of carbonyl (C=O) groups excluding carboxylic acids is 2. The Bertz CT molecular complexity index is 370. The van der Waals surface area contributed by atoms with Crippen LogP contribution in [0.2, 0.25) is 0 Å². The fourth-order valence-corrected chi connectivity index (χ4v) is 1.00. The summed E-state index contributed by atoms with van der Waals surface area (Å²) in [6.07, 6.45) is 0. The molecule has 7 heteroatoms. The van der Waals surface area contributed by atoms with Crippen LogP contribution in [0, 0.1) is 0 Å². The van der Waals surface area contributed by atoms with Crippen molar-refractivity contribution in [3.63, 3.8) is 0 Å². The molecule has 7 nitrogen and oxygen atoms in total. The zero-order valence-corrected chi connectivity index (χ0v) is 8.16. The number of nitrogens with zero attached hydrogens (tertiary/aromatic N) is 3. The van der Waals surface area contributed by atoms with Crippen LogP contribution in [0.1, 0.15) is 21.0 Å². The Labute approximate surface area is 80.5 Å². The molecule has 14 heavy (non-hydrogen) atoms. The number of hydrogen-bond donors (Lipinski definition) is 2. The van der Waals surface area contributed by atoms with Crippen LogP contribution in [0.15, 0.2) is 0 Å². The Hall–Kier alpha value is -1.92. The quantitative estimate of drug-likeness (QED) is 0.606. The highest BCUT2D eigenvalue weighted by molar-refractivity contribution is 6.04. The van der Waals surface area contributed by atoms with Gasteiger partial charge < -0.3 is 10.6 Å². The maximum atomic E-state index is 11.3. The van der Waals surface area contributed by atoms with E-state index < -0.39 is 11.8 Å². The summed E-state index contributed by atoms with van der Waals surface area (Å²) in [5.74, 6) is -0.826. The van der Waals surface area contributed by atoms with Gasteiger partial charge in [-0.2, -0.15) is 0 Å². The third kappa shape index (κ3) is 1.56. The standard InChI is InChI=1S/C7H11N5O2/c1-8-6(13)4-5(7(14)9-2)12(3)11-10-4/h1-3H3,(H,8,13)(H,9,14). The van der Waals surface area contributed by atoms with Gasteiger partial charge in [-0.05, 0) is 0 Å². The van der Waals surface area contributed by atoms with Crippen molar-refractivity contribution < 1.29 is 9.59 Å². The molecular weight excluding hydrogens is 186 g/mol. The largest absolute Gasteiger partial charge is 0.354 e. The molecule has 0 aromatic carbocycles. The van der Waals surface area contributed by atoms with Gasteiger partial charge in [0.2, 0.25) is 0 Å². The first kappa shape index (κ1) is 10.2. The van der Waals surface area contributed by atoms with Crippen LogP contribution in [0.25, 0.3) is 0 Å². The first-order valence-electron chi connectivity index (χ1n) is 3.95. The molecule has 1 rings (SSSR count). The number of amides is 2. The van der Waals surface area contributed by atoms with Gasteiger partial charge in [0, 0.05) is 21.1 Å². The zero-order chi connectivity index (χ0) is 10.7. The van der Waals surface area contributed by atoms with Crippen LogP contribution in [-0.2, 0) is 7.05 Å². The molecule has 0 aliphatic carbocycles. The molecule has 2 N–H and O–H groups in total. The van der Waals surface area contributed by atoms with Crippen molar-refractivity contribution in [3.05, 3.63) is 11.4 Å². The Morgan fingerprint density at radius 3 is 2.29 bits per heavy atom. The van der Waals surface area contributed by atoms with Gasteiger partial charge in [0.1, 0.15) is 0 Å². The average Bonchev–Trinajstić information content (AvgIpc) is 2.58. The van der Waals surface area contributed by atoms with Gasteiger partial charge in [0.05, 0.1) is 0 Å². The second-order valence-electron chi connectivity index (χ2n) is 2.57. The van der Waals surface area contributed by atoms with E-state index in [0.29, 0.717) is 0 Å². The van der Waals surface area contributed by atoms with Crippen LogP contribution in [0.5, 0.6) is 0 Å². The predicted molar refractivity (Wildman–Crippen MR) is 47.8 cm³/mol. The van der Waals surface area contributed by atoms with Crippen molar-refractivity contribution in [2.45, 2.75) is 0 Å². The van der Waals surface area contributed by atoms with Gasteiger partial charge in [0.15, 0.2) is 11.4 Å². The maximum Gasteiger partial charge on any atom is 0.274 e. The van der Waals surface area contributed by atoms with E-state index in [1.807, 2.05) is 0 Å². The minimum absolute atomic E-state index is 0.0225. The van der Waals surface area contributed by atoms with E-state index in [1.54, 1.807) is 7.05 Å². The van der Waals surface area contributed by atoms with Gasteiger partial charge >= 0.3 is 0 Å². The topological polar surface area (TPSA) is 88.9 Å². The lowest BCUT2D eigenvalue weighted by molar-refractivity contribution is 0.0921. The van der Waals surface area contributed by atoms with Gasteiger partial charge in [0.25, 0.3) is 11.8 Å². The highest BCUT2D eigenvalue weighted by Gasteiger charge is 2.22. The number of carbonyl (C=O) groups is 2. The van der Waals surface area contributed by atoms with Crippen molar-refractivity contribution in [3.8, 4) is 0 Å². The summed E-state index contributed by atoms with van der Waals surface area (Å²) in [5.41, 5.74) is 0.168.